The van der Waals surface area contributed by atoms with Gasteiger partial charge in [-0.15, -0.1) is 0 Å². The van der Waals surface area contributed by atoms with E-state index in [-0.39, 0.29) is 16.7 Å². The lowest BCUT2D eigenvalue weighted by atomic mass is 10.1. The van der Waals surface area contributed by atoms with Gasteiger partial charge in [0.1, 0.15) is 0 Å². The molecule has 0 atom stereocenters. The summed E-state index contributed by atoms with van der Waals surface area (Å²) in [6.45, 7) is 1.77. The number of thioether (sulfide) groups is 1. The maximum Gasteiger partial charge on any atom is 0.446 e. The lowest BCUT2D eigenvalue weighted by molar-refractivity contribution is -0.0328. The van der Waals surface area contributed by atoms with Crippen molar-refractivity contribution >= 4 is 18.2 Å². The Bertz CT molecular complexity index is 390. The number of benzene rings is 1. The molecule has 0 amide bonds. The molecular formula is C14H16F3O2S. The molecule has 111 valence electrons. The minimum absolute atomic E-state index is 0.0963. The van der Waals surface area contributed by atoms with Crippen molar-refractivity contribution in [2.75, 3.05) is 6.61 Å². The van der Waals surface area contributed by atoms with Crippen molar-refractivity contribution in [2.45, 2.75) is 42.5 Å². The van der Waals surface area contributed by atoms with Crippen molar-refractivity contribution in [2.24, 2.45) is 0 Å². The normalized spacial score (nSPS) is 11.3. The number of alkyl halides is 3. The van der Waals surface area contributed by atoms with Crippen molar-refractivity contribution in [3.8, 4) is 0 Å². The highest BCUT2D eigenvalue weighted by Crippen LogP contribution is 2.36. The van der Waals surface area contributed by atoms with Gasteiger partial charge in [-0.1, -0.05) is 25.0 Å². The van der Waals surface area contributed by atoms with E-state index < -0.39 is 5.51 Å². The quantitative estimate of drug-likeness (QED) is 0.497. The number of unbranched alkanes of at least 4 members (excludes halogenated alkanes) is 3. The monoisotopic (exact) mass is 305 g/mol. The van der Waals surface area contributed by atoms with Gasteiger partial charge >= 0.3 is 12.0 Å². The van der Waals surface area contributed by atoms with Gasteiger partial charge in [-0.2, -0.15) is 13.2 Å². The fraction of sp³-hybridized carbons (Fsp3) is 0.500. The Labute approximate surface area is 120 Å². The first-order valence-corrected chi connectivity index (χ1v) is 7.16. The van der Waals surface area contributed by atoms with Gasteiger partial charge in [-0.3, -0.25) is 0 Å². The fourth-order valence-electron chi connectivity index (χ4n) is 1.76. The number of carbonyl (C=O) groups excluding carboxylic acids is 1. The summed E-state index contributed by atoms with van der Waals surface area (Å²) in [6, 6.07) is 6.47. The third-order valence-corrected chi connectivity index (χ3v) is 3.42. The molecule has 0 aliphatic heterocycles. The molecule has 1 radical (unpaired) electrons. The van der Waals surface area contributed by atoms with Gasteiger partial charge in [0.2, 0.25) is 0 Å². The van der Waals surface area contributed by atoms with Gasteiger partial charge in [-0.25, -0.2) is 4.79 Å². The molecule has 0 saturated heterocycles. The molecule has 20 heavy (non-hydrogen) atoms. The van der Waals surface area contributed by atoms with Gasteiger partial charge in [0.05, 0.1) is 6.61 Å². The second-order valence-electron chi connectivity index (χ2n) is 4.29. The van der Waals surface area contributed by atoms with E-state index in [1.54, 1.807) is 12.1 Å². The Morgan fingerprint density at radius 3 is 2.30 bits per heavy atom. The van der Waals surface area contributed by atoms with Crippen LogP contribution in [0, 0.1) is 0 Å². The highest BCUT2D eigenvalue weighted by atomic mass is 32.2. The minimum atomic E-state index is -4.23. The summed E-state index contributed by atoms with van der Waals surface area (Å²) in [5.41, 5.74) is -3.20. The van der Waals surface area contributed by atoms with Crippen molar-refractivity contribution in [3.05, 3.63) is 29.8 Å². The molecule has 0 bridgehead atoms. The Kier molecular flexibility index (Phi) is 7.51. The molecule has 6 heteroatoms. The Morgan fingerprint density at radius 1 is 1.05 bits per heavy atom. The fourth-order valence-corrected chi connectivity index (χ4v) is 2.30. The van der Waals surface area contributed by atoms with E-state index in [0.29, 0.717) is 6.61 Å². The van der Waals surface area contributed by atoms with E-state index in [4.69, 9.17) is 0 Å². The summed E-state index contributed by atoms with van der Waals surface area (Å²) >= 11 is -0.0963. The number of ether oxygens (including phenoxy) is 1. The zero-order valence-electron chi connectivity index (χ0n) is 10.9. The van der Waals surface area contributed by atoms with Gasteiger partial charge in [0.25, 0.3) is 0 Å². The smallest absolute Gasteiger partial charge is 0.446 e. The van der Waals surface area contributed by atoms with Crippen LogP contribution in [0.3, 0.4) is 0 Å². The molecule has 0 spiro atoms. The van der Waals surface area contributed by atoms with E-state index in [9.17, 15) is 18.0 Å². The third kappa shape index (κ3) is 8.09. The zero-order valence-corrected chi connectivity index (χ0v) is 11.7. The maximum atomic E-state index is 12.1. The van der Waals surface area contributed by atoms with Crippen LogP contribution in [0.4, 0.5) is 13.2 Å². The first-order valence-electron chi connectivity index (χ1n) is 6.35. The summed E-state index contributed by atoms with van der Waals surface area (Å²) in [4.78, 5) is 9.99. The van der Waals surface area contributed by atoms with E-state index in [2.05, 4.69) is 4.74 Å². The first-order chi connectivity index (χ1) is 9.51. The van der Waals surface area contributed by atoms with Crippen LogP contribution in [0.25, 0.3) is 0 Å². The van der Waals surface area contributed by atoms with E-state index in [1.165, 1.54) is 18.6 Å². The van der Waals surface area contributed by atoms with Crippen LogP contribution >= 0.6 is 11.8 Å². The molecule has 1 aromatic carbocycles. The summed E-state index contributed by atoms with van der Waals surface area (Å²) in [7, 11) is 0. The molecule has 0 aliphatic rings. The van der Waals surface area contributed by atoms with Crippen molar-refractivity contribution in [3.63, 3.8) is 0 Å². The van der Waals surface area contributed by atoms with Crippen LogP contribution in [-0.4, -0.2) is 18.6 Å². The Hall–Kier alpha value is -1.17. The SMILES string of the molecule is O=[C]OCCCCCCc1ccc(SC(F)(F)F)cc1. The molecule has 1 aromatic rings. The van der Waals surface area contributed by atoms with Crippen molar-refractivity contribution < 1.29 is 22.7 Å². The third-order valence-electron chi connectivity index (χ3n) is 2.68. The molecular weight excluding hydrogens is 289 g/mol. The predicted molar refractivity (Wildman–Crippen MR) is 72.2 cm³/mol. The van der Waals surface area contributed by atoms with Gasteiger partial charge in [0, 0.05) is 4.90 Å². The van der Waals surface area contributed by atoms with Crippen LogP contribution in [0.1, 0.15) is 31.2 Å². The number of rotatable bonds is 9. The second-order valence-corrected chi connectivity index (χ2v) is 5.43. The van der Waals surface area contributed by atoms with Crippen molar-refractivity contribution in [1.29, 1.82) is 0 Å². The summed E-state index contributed by atoms with van der Waals surface area (Å²) in [5, 5.41) is 0. The minimum Gasteiger partial charge on any atom is -0.457 e. The lowest BCUT2D eigenvalue weighted by Gasteiger charge is -2.06. The van der Waals surface area contributed by atoms with Gasteiger partial charge < -0.3 is 4.74 Å². The standard InChI is InChI=1S/C14H16F3O2S/c15-14(16,17)20-13-8-6-12(7-9-13)5-3-1-2-4-10-19-11-18/h6-9H,1-5,10H2. The van der Waals surface area contributed by atoms with Gasteiger partial charge in [-0.05, 0) is 48.7 Å². The molecule has 0 N–H and O–H groups in total. The molecule has 0 aliphatic carbocycles. The second kappa shape index (κ2) is 8.89. The maximum absolute atomic E-state index is 12.1. The number of hydrogen-bond acceptors (Lipinski definition) is 3. The van der Waals surface area contributed by atoms with Crippen molar-refractivity contribution in [1.82, 2.24) is 0 Å². The highest BCUT2D eigenvalue weighted by Gasteiger charge is 2.28. The highest BCUT2D eigenvalue weighted by molar-refractivity contribution is 8.00. The average Bonchev–Trinajstić information content (AvgIpc) is 2.38. The first kappa shape index (κ1) is 16.9. The van der Waals surface area contributed by atoms with Crippen LogP contribution < -0.4 is 0 Å². The summed E-state index contributed by atoms with van der Waals surface area (Å²) in [6.07, 6.45) is 4.59. The molecule has 0 unspecified atom stereocenters. The molecule has 1 rings (SSSR count). The zero-order chi connectivity index (χ0) is 14.8. The molecule has 0 saturated carbocycles. The van der Waals surface area contributed by atoms with E-state index >= 15 is 0 Å². The van der Waals surface area contributed by atoms with Crippen LogP contribution in [-0.2, 0) is 16.0 Å². The summed E-state index contributed by atoms with van der Waals surface area (Å²) in [5.74, 6) is 0. The van der Waals surface area contributed by atoms with E-state index in [0.717, 1.165) is 37.7 Å². The number of aryl methyl sites for hydroxylation is 1. The summed E-state index contributed by atoms with van der Waals surface area (Å²) < 4.78 is 40.9. The van der Waals surface area contributed by atoms with Crippen LogP contribution in [0.15, 0.2) is 29.2 Å². The number of halogens is 3. The predicted octanol–water partition coefficient (Wildman–Crippen LogP) is 4.49. The topological polar surface area (TPSA) is 26.3 Å². The largest absolute Gasteiger partial charge is 0.457 e. The lowest BCUT2D eigenvalue weighted by Crippen LogP contribution is -1.98. The molecule has 0 fully saturated rings. The average molecular weight is 305 g/mol. The van der Waals surface area contributed by atoms with Crippen LogP contribution in [0.5, 0.6) is 0 Å². The Balaban J connectivity index is 2.20. The van der Waals surface area contributed by atoms with Gasteiger partial charge in [0.15, 0.2) is 0 Å². The number of hydrogen-bond donors (Lipinski definition) is 0. The van der Waals surface area contributed by atoms with E-state index in [1.807, 2.05) is 0 Å². The molecule has 2 nitrogen and oxygen atoms in total. The Morgan fingerprint density at radius 2 is 1.70 bits per heavy atom. The van der Waals surface area contributed by atoms with Crippen LogP contribution in [0.2, 0.25) is 0 Å². The molecule has 0 aromatic heterocycles. The molecule has 0 heterocycles.